The number of alkyl halides is 3. The van der Waals surface area contributed by atoms with Gasteiger partial charge in [0.15, 0.2) is 5.82 Å². The molecule has 1 heterocycles. The number of carbonyl (C=O) groups is 2. The molecule has 0 fully saturated rings. The first-order valence-electron chi connectivity index (χ1n) is 10.1. The molecular weight excluding hydrogens is 475 g/mol. The maximum absolute atomic E-state index is 12.1. The first-order valence-corrected chi connectivity index (χ1v) is 10.1. The van der Waals surface area contributed by atoms with Gasteiger partial charge in [-0.05, 0) is 18.9 Å². The monoisotopic (exact) mass is 501 g/mol. The molecule has 35 heavy (non-hydrogen) atoms. The van der Waals surface area contributed by atoms with Crippen LogP contribution in [0.5, 0.6) is 0 Å². The zero-order valence-corrected chi connectivity index (χ0v) is 18.7. The van der Waals surface area contributed by atoms with Crippen LogP contribution in [-0.4, -0.2) is 58.8 Å². The van der Waals surface area contributed by atoms with Gasteiger partial charge in [-0.15, -0.1) is 0 Å². The van der Waals surface area contributed by atoms with E-state index in [9.17, 15) is 22.8 Å². The smallest absolute Gasteiger partial charge is 0.475 e. The Morgan fingerprint density at radius 3 is 2.43 bits per heavy atom. The minimum Gasteiger partial charge on any atom is -0.475 e. The van der Waals surface area contributed by atoms with E-state index in [4.69, 9.17) is 25.9 Å². The Hall–Kier alpha value is -4.14. The highest BCUT2D eigenvalue weighted by Gasteiger charge is 2.38. The highest BCUT2D eigenvalue weighted by Crippen LogP contribution is 2.13. The molecular formula is C20H26F3N7O5. The van der Waals surface area contributed by atoms with Crippen molar-refractivity contribution < 1.29 is 32.7 Å². The van der Waals surface area contributed by atoms with Gasteiger partial charge in [0.05, 0.1) is 18.7 Å². The van der Waals surface area contributed by atoms with Crippen LogP contribution in [0.15, 0.2) is 35.1 Å². The summed E-state index contributed by atoms with van der Waals surface area (Å²) in [5.41, 5.74) is 9.10. The van der Waals surface area contributed by atoms with E-state index >= 15 is 0 Å². The van der Waals surface area contributed by atoms with Gasteiger partial charge in [0.25, 0.3) is 5.56 Å². The van der Waals surface area contributed by atoms with Crippen LogP contribution in [0.2, 0.25) is 0 Å². The van der Waals surface area contributed by atoms with Gasteiger partial charge >= 0.3 is 12.1 Å². The number of carbonyl (C=O) groups excluding carboxylic acids is 1. The Morgan fingerprint density at radius 2 is 1.86 bits per heavy atom. The van der Waals surface area contributed by atoms with Gasteiger partial charge in [0.2, 0.25) is 11.9 Å². The largest absolute Gasteiger partial charge is 0.490 e. The number of aliphatic carboxylic acids is 1. The van der Waals surface area contributed by atoms with E-state index in [1.807, 2.05) is 30.3 Å². The Labute approximate surface area is 197 Å². The van der Waals surface area contributed by atoms with E-state index in [1.54, 1.807) is 6.92 Å². The van der Waals surface area contributed by atoms with Crippen LogP contribution in [0.3, 0.4) is 0 Å². The van der Waals surface area contributed by atoms with E-state index < -0.39 is 12.1 Å². The fourth-order valence-electron chi connectivity index (χ4n) is 2.42. The third-order valence-electron chi connectivity index (χ3n) is 4.02. The van der Waals surface area contributed by atoms with Gasteiger partial charge in [-0.25, -0.2) is 15.3 Å². The van der Waals surface area contributed by atoms with Crippen LogP contribution in [0.4, 0.5) is 19.0 Å². The second-order valence-corrected chi connectivity index (χ2v) is 6.84. The topological polar surface area (TPSA) is 195 Å². The number of aromatic amines is 1. The standard InChI is InChI=1S/C18H25N7O3.C2HF3O2/c1-12-14(11-15(26)21-9-10-28-25-18(19)20)24-16(17(27)23-12)22-8-7-13-5-3-2-4-6-13;3-2(4,5)1(6)7/h2-6H,7-11H2,1H3,(H,21,26)(H,22,24)(H,23,27)(H4,19,20,25);(H,6,7). The SMILES string of the molecule is Cc1[nH]c(=O)c(NCCc2ccccc2)nc1CC(=O)NCCONC(=N)N.O=C(O)C(F)(F)F. The van der Waals surface area contributed by atoms with Crippen molar-refractivity contribution in [1.29, 1.82) is 5.41 Å². The summed E-state index contributed by atoms with van der Waals surface area (Å²) in [7, 11) is 0. The van der Waals surface area contributed by atoms with Crippen LogP contribution < -0.4 is 27.4 Å². The van der Waals surface area contributed by atoms with Crippen molar-refractivity contribution in [1.82, 2.24) is 20.8 Å². The molecule has 0 aliphatic rings. The van der Waals surface area contributed by atoms with E-state index in [2.05, 4.69) is 26.1 Å². The average molecular weight is 501 g/mol. The molecule has 0 spiro atoms. The summed E-state index contributed by atoms with van der Waals surface area (Å²) in [5, 5.41) is 19.7. The summed E-state index contributed by atoms with van der Waals surface area (Å²) in [6, 6.07) is 9.90. The molecule has 2 rings (SSSR count). The minimum absolute atomic E-state index is 0.0239. The number of nitrogens with one attached hydrogen (secondary N) is 5. The van der Waals surface area contributed by atoms with Crippen molar-refractivity contribution >= 4 is 23.7 Å². The first-order chi connectivity index (χ1) is 16.4. The Kier molecular flexibility index (Phi) is 11.7. The first kappa shape index (κ1) is 28.9. The number of guanidine groups is 1. The lowest BCUT2D eigenvalue weighted by atomic mass is 10.1. The minimum atomic E-state index is -5.08. The molecule has 1 amide bonds. The number of rotatable bonds is 10. The number of benzene rings is 1. The van der Waals surface area contributed by atoms with Gasteiger partial charge in [0.1, 0.15) is 0 Å². The summed E-state index contributed by atoms with van der Waals surface area (Å²) in [5.74, 6) is -3.14. The van der Waals surface area contributed by atoms with Crippen LogP contribution in [0.1, 0.15) is 17.0 Å². The quantitative estimate of drug-likeness (QED) is 0.105. The Bertz CT molecular complexity index is 1050. The molecule has 1 aromatic carbocycles. The number of halogens is 3. The van der Waals surface area contributed by atoms with Gasteiger partial charge in [0, 0.05) is 18.8 Å². The number of nitrogens with zero attached hydrogens (tertiary/aromatic N) is 1. The molecule has 8 N–H and O–H groups in total. The number of hydrogen-bond donors (Lipinski definition) is 7. The number of anilines is 1. The number of hydroxylamine groups is 1. The fraction of sp³-hybridized carbons (Fsp3) is 0.350. The van der Waals surface area contributed by atoms with Crippen molar-refractivity contribution in [2.75, 3.05) is 25.0 Å². The van der Waals surface area contributed by atoms with Crippen LogP contribution in [0.25, 0.3) is 0 Å². The number of aryl methyl sites for hydroxylation is 1. The highest BCUT2D eigenvalue weighted by atomic mass is 19.4. The van der Waals surface area contributed by atoms with E-state index in [-0.39, 0.29) is 42.8 Å². The van der Waals surface area contributed by atoms with Crippen molar-refractivity contribution in [2.45, 2.75) is 25.9 Å². The number of nitrogens with two attached hydrogens (primary N) is 1. The third kappa shape index (κ3) is 12.0. The molecule has 0 unspecified atom stereocenters. The van der Waals surface area contributed by atoms with Gasteiger partial charge < -0.3 is 26.5 Å². The molecule has 15 heteroatoms. The van der Waals surface area contributed by atoms with Gasteiger partial charge in [-0.2, -0.15) is 13.2 Å². The Morgan fingerprint density at radius 1 is 1.23 bits per heavy atom. The molecule has 0 radical (unpaired) electrons. The number of aromatic nitrogens is 2. The lowest BCUT2D eigenvalue weighted by Gasteiger charge is -2.10. The predicted octanol–water partition coefficient (Wildman–Crippen LogP) is 0.440. The predicted molar refractivity (Wildman–Crippen MR) is 120 cm³/mol. The summed E-state index contributed by atoms with van der Waals surface area (Å²) >= 11 is 0. The maximum Gasteiger partial charge on any atom is 0.490 e. The van der Waals surface area contributed by atoms with Crippen LogP contribution in [-0.2, 0) is 27.3 Å². The second kappa shape index (κ2) is 14.2. The molecule has 192 valence electrons. The summed E-state index contributed by atoms with van der Waals surface area (Å²) < 4.78 is 31.7. The maximum atomic E-state index is 12.1. The number of H-pyrrole nitrogens is 1. The summed E-state index contributed by atoms with van der Waals surface area (Å²) in [4.78, 5) is 44.9. The van der Waals surface area contributed by atoms with Crippen molar-refractivity contribution in [3.63, 3.8) is 0 Å². The molecule has 1 aromatic heterocycles. The lowest BCUT2D eigenvalue weighted by molar-refractivity contribution is -0.192. The van der Waals surface area contributed by atoms with Gasteiger partial charge in [-0.1, -0.05) is 30.3 Å². The zero-order chi connectivity index (χ0) is 26.4. The van der Waals surface area contributed by atoms with E-state index in [0.717, 1.165) is 12.0 Å². The van der Waals surface area contributed by atoms with Crippen molar-refractivity contribution in [3.05, 3.63) is 57.6 Å². The van der Waals surface area contributed by atoms with Crippen LogP contribution in [0, 0.1) is 12.3 Å². The highest BCUT2D eigenvalue weighted by molar-refractivity contribution is 5.78. The van der Waals surface area contributed by atoms with Crippen molar-refractivity contribution in [3.8, 4) is 0 Å². The normalized spacial score (nSPS) is 10.5. The third-order valence-corrected chi connectivity index (χ3v) is 4.02. The number of carboxylic acids is 1. The molecule has 0 aliphatic heterocycles. The van der Waals surface area contributed by atoms with E-state index in [0.29, 0.717) is 17.9 Å². The number of hydrogen-bond acceptors (Lipinski definition) is 7. The number of carboxylic acid groups (broad SMARTS) is 1. The molecule has 2 aromatic rings. The van der Waals surface area contributed by atoms with Gasteiger partial charge in [-0.3, -0.25) is 19.8 Å². The second-order valence-electron chi connectivity index (χ2n) is 6.84. The van der Waals surface area contributed by atoms with Crippen LogP contribution >= 0.6 is 0 Å². The van der Waals surface area contributed by atoms with E-state index in [1.165, 1.54) is 0 Å². The molecule has 0 saturated heterocycles. The molecule has 0 bridgehead atoms. The molecule has 12 nitrogen and oxygen atoms in total. The number of amides is 1. The van der Waals surface area contributed by atoms with Crippen molar-refractivity contribution in [2.24, 2.45) is 5.73 Å². The Balaban J connectivity index is 0.000000762. The molecule has 0 aliphatic carbocycles. The fourth-order valence-corrected chi connectivity index (χ4v) is 2.42. The summed E-state index contributed by atoms with van der Waals surface area (Å²) in [6.45, 7) is 2.64. The zero-order valence-electron chi connectivity index (χ0n) is 18.7. The molecule has 0 saturated carbocycles. The lowest BCUT2D eigenvalue weighted by Crippen LogP contribution is -2.35. The molecule has 0 atom stereocenters. The summed E-state index contributed by atoms with van der Waals surface area (Å²) in [6.07, 6.45) is -4.31. The average Bonchev–Trinajstić information content (AvgIpc) is 2.77.